The first-order chi connectivity index (χ1) is 10.7. The first-order valence-corrected chi connectivity index (χ1v) is 8.64. The largest absolute Gasteiger partial charge is 0.310 e. The van der Waals surface area contributed by atoms with Crippen LogP contribution < -0.4 is 5.56 Å². The minimum Gasteiger partial charge on any atom is -0.310 e. The van der Waals surface area contributed by atoms with E-state index in [2.05, 4.69) is 24.0 Å². The molecule has 2 aromatic heterocycles. The van der Waals surface area contributed by atoms with Gasteiger partial charge in [0, 0.05) is 16.4 Å². The maximum absolute atomic E-state index is 12.7. The number of aromatic nitrogens is 2. The summed E-state index contributed by atoms with van der Waals surface area (Å²) in [6.45, 7) is 2.07. The van der Waals surface area contributed by atoms with Crippen LogP contribution in [0.3, 0.4) is 0 Å². The van der Waals surface area contributed by atoms with E-state index in [4.69, 9.17) is 4.98 Å². The molecule has 1 aromatic carbocycles. The predicted octanol–water partition coefficient (Wildman–Crippen LogP) is 4.62. The van der Waals surface area contributed by atoms with Gasteiger partial charge >= 0.3 is 0 Å². The standard InChI is InChI=1S/C18H18N2OS/c1-11-14(12-7-3-2-4-8-12)15-17(21)19-16(20-18(15)22-11)13-9-5-6-10-13/h2-4,7-8,13H,5-6,9-10H2,1H3,(H,19,20,21). The highest BCUT2D eigenvalue weighted by molar-refractivity contribution is 7.19. The first-order valence-electron chi connectivity index (χ1n) is 7.83. The minimum atomic E-state index is 0.00935. The normalized spacial score (nSPS) is 15.7. The minimum absolute atomic E-state index is 0.00935. The maximum Gasteiger partial charge on any atom is 0.260 e. The summed E-state index contributed by atoms with van der Waals surface area (Å²) in [6.07, 6.45) is 4.77. The van der Waals surface area contributed by atoms with Crippen LogP contribution in [0.2, 0.25) is 0 Å². The van der Waals surface area contributed by atoms with Gasteiger partial charge in [0.25, 0.3) is 5.56 Å². The molecule has 112 valence electrons. The molecule has 1 saturated carbocycles. The molecule has 1 aliphatic rings. The molecular weight excluding hydrogens is 292 g/mol. The molecule has 0 atom stereocenters. The van der Waals surface area contributed by atoms with E-state index < -0.39 is 0 Å². The highest BCUT2D eigenvalue weighted by atomic mass is 32.1. The zero-order valence-corrected chi connectivity index (χ0v) is 13.4. The fourth-order valence-electron chi connectivity index (χ4n) is 3.48. The summed E-state index contributed by atoms with van der Waals surface area (Å²) < 4.78 is 0. The number of benzene rings is 1. The predicted molar refractivity (Wildman–Crippen MR) is 91.6 cm³/mol. The Morgan fingerprint density at radius 1 is 1.18 bits per heavy atom. The summed E-state index contributed by atoms with van der Waals surface area (Å²) in [7, 11) is 0. The zero-order chi connectivity index (χ0) is 15.1. The molecule has 22 heavy (non-hydrogen) atoms. The van der Waals surface area contributed by atoms with Gasteiger partial charge in [0.15, 0.2) is 0 Å². The molecular formula is C18H18N2OS. The van der Waals surface area contributed by atoms with Crippen molar-refractivity contribution in [3.63, 3.8) is 0 Å². The molecule has 0 radical (unpaired) electrons. The second-order valence-electron chi connectivity index (χ2n) is 6.01. The van der Waals surface area contributed by atoms with E-state index in [1.807, 2.05) is 18.2 Å². The van der Waals surface area contributed by atoms with Crippen LogP contribution in [0.5, 0.6) is 0 Å². The number of thiophene rings is 1. The number of nitrogens with one attached hydrogen (secondary N) is 1. The van der Waals surface area contributed by atoms with Gasteiger partial charge in [-0.05, 0) is 25.3 Å². The fourth-order valence-corrected chi connectivity index (χ4v) is 4.53. The number of aromatic amines is 1. The van der Waals surface area contributed by atoms with E-state index in [0.29, 0.717) is 5.92 Å². The Labute approximate surface area is 133 Å². The third-order valence-electron chi connectivity index (χ3n) is 4.56. The number of nitrogens with zero attached hydrogens (tertiary/aromatic N) is 1. The van der Waals surface area contributed by atoms with Gasteiger partial charge in [-0.2, -0.15) is 0 Å². The molecule has 3 nitrogen and oxygen atoms in total. The quantitative estimate of drug-likeness (QED) is 0.751. The lowest BCUT2D eigenvalue weighted by atomic mass is 10.0. The van der Waals surface area contributed by atoms with Crippen molar-refractivity contribution in [3.8, 4) is 11.1 Å². The molecule has 0 spiro atoms. The highest BCUT2D eigenvalue weighted by Crippen LogP contribution is 2.37. The lowest BCUT2D eigenvalue weighted by Crippen LogP contribution is -2.13. The number of aryl methyl sites for hydroxylation is 1. The van der Waals surface area contributed by atoms with Gasteiger partial charge < -0.3 is 4.98 Å². The molecule has 0 saturated heterocycles. The van der Waals surface area contributed by atoms with Crippen LogP contribution >= 0.6 is 11.3 Å². The van der Waals surface area contributed by atoms with E-state index in [1.165, 1.54) is 12.8 Å². The van der Waals surface area contributed by atoms with Gasteiger partial charge in [-0.1, -0.05) is 43.2 Å². The molecule has 1 fully saturated rings. The van der Waals surface area contributed by atoms with Gasteiger partial charge in [-0.3, -0.25) is 4.79 Å². The van der Waals surface area contributed by atoms with Crippen LogP contribution in [0.25, 0.3) is 21.3 Å². The van der Waals surface area contributed by atoms with Gasteiger partial charge in [-0.25, -0.2) is 4.98 Å². The smallest absolute Gasteiger partial charge is 0.260 e. The lowest BCUT2D eigenvalue weighted by Gasteiger charge is -2.08. The van der Waals surface area contributed by atoms with Crippen molar-refractivity contribution >= 4 is 21.6 Å². The summed E-state index contributed by atoms with van der Waals surface area (Å²) >= 11 is 1.63. The van der Waals surface area contributed by atoms with Gasteiger partial charge in [0.1, 0.15) is 10.7 Å². The molecule has 1 aliphatic carbocycles. The fraction of sp³-hybridized carbons (Fsp3) is 0.333. The molecule has 4 rings (SSSR count). The number of hydrogen-bond donors (Lipinski definition) is 1. The molecule has 3 aromatic rings. The number of H-pyrrole nitrogens is 1. The van der Waals surface area contributed by atoms with Crippen molar-refractivity contribution in [1.29, 1.82) is 0 Å². The van der Waals surface area contributed by atoms with E-state index >= 15 is 0 Å². The van der Waals surface area contributed by atoms with Crippen molar-refractivity contribution in [1.82, 2.24) is 9.97 Å². The Hall–Kier alpha value is -1.94. The van der Waals surface area contributed by atoms with Crippen LogP contribution in [0.15, 0.2) is 35.1 Å². The second-order valence-corrected chi connectivity index (χ2v) is 7.22. The van der Waals surface area contributed by atoms with Crippen LogP contribution in [0.4, 0.5) is 0 Å². The zero-order valence-electron chi connectivity index (χ0n) is 12.6. The van der Waals surface area contributed by atoms with Gasteiger partial charge in [-0.15, -0.1) is 11.3 Å². The summed E-state index contributed by atoms with van der Waals surface area (Å²) in [5.74, 6) is 1.32. The van der Waals surface area contributed by atoms with Crippen LogP contribution in [-0.2, 0) is 0 Å². The van der Waals surface area contributed by atoms with Crippen molar-refractivity contribution in [2.75, 3.05) is 0 Å². The average Bonchev–Trinajstić information content (AvgIpc) is 3.15. The monoisotopic (exact) mass is 310 g/mol. The van der Waals surface area contributed by atoms with Crippen LogP contribution in [0, 0.1) is 6.92 Å². The molecule has 0 bridgehead atoms. The molecule has 1 N–H and O–H groups in total. The van der Waals surface area contributed by atoms with Crippen molar-refractivity contribution < 1.29 is 0 Å². The first kappa shape index (κ1) is 13.7. The number of hydrogen-bond acceptors (Lipinski definition) is 3. The van der Waals surface area contributed by atoms with Crippen molar-refractivity contribution in [3.05, 3.63) is 51.4 Å². The van der Waals surface area contributed by atoms with Crippen LogP contribution in [0.1, 0.15) is 42.3 Å². The number of fused-ring (bicyclic) bond motifs is 1. The van der Waals surface area contributed by atoms with E-state index in [9.17, 15) is 4.79 Å². The Kier molecular flexibility index (Phi) is 3.34. The van der Waals surface area contributed by atoms with Gasteiger partial charge in [0.05, 0.1) is 5.39 Å². The molecule has 4 heteroatoms. The molecule has 0 unspecified atom stereocenters. The molecule has 2 heterocycles. The Morgan fingerprint density at radius 3 is 2.64 bits per heavy atom. The average molecular weight is 310 g/mol. The Morgan fingerprint density at radius 2 is 1.91 bits per heavy atom. The maximum atomic E-state index is 12.7. The van der Waals surface area contributed by atoms with E-state index in [-0.39, 0.29) is 5.56 Å². The topological polar surface area (TPSA) is 45.8 Å². The SMILES string of the molecule is Cc1sc2nc(C3CCCC3)[nH]c(=O)c2c1-c1ccccc1. The third-order valence-corrected chi connectivity index (χ3v) is 5.56. The van der Waals surface area contributed by atoms with E-state index in [0.717, 1.165) is 44.9 Å². The lowest BCUT2D eigenvalue weighted by molar-refractivity contribution is 0.670. The van der Waals surface area contributed by atoms with Gasteiger partial charge in [0.2, 0.25) is 0 Å². The Bertz CT molecular complexity index is 873. The van der Waals surface area contributed by atoms with Crippen LogP contribution in [-0.4, -0.2) is 9.97 Å². The summed E-state index contributed by atoms with van der Waals surface area (Å²) in [4.78, 5) is 22.6. The number of rotatable bonds is 2. The van der Waals surface area contributed by atoms with E-state index in [1.54, 1.807) is 11.3 Å². The Balaban J connectivity index is 1.93. The molecule has 0 amide bonds. The summed E-state index contributed by atoms with van der Waals surface area (Å²) in [5, 5.41) is 0.746. The second kappa shape index (κ2) is 5.36. The highest BCUT2D eigenvalue weighted by Gasteiger charge is 2.22. The summed E-state index contributed by atoms with van der Waals surface area (Å²) in [5.41, 5.74) is 2.13. The third kappa shape index (κ3) is 2.18. The summed E-state index contributed by atoms with van der Waals surface area (Å²) in [6, 6.07) is 10.1. The van der Waals surface area contributed by atoms with Crippen molar-refractivity contribution in [2.45, 2.75) is 38.5 Å². The van der Waals surface area contributed by atoms with Crippen molar-refractivity contribution in [2.24, 2.45) is 0 Å². The molecule has 0 aliphatic heterocycles.